The van der Waals surface area contributed by atoms with Gasteiger partial charge in [0.05, 0.1) is 12.5 Å². The van der Waals surface area contributed by atoms with Gasteiger partial charge in [-0.25, -0.2) is 0 Å². The van der Waals surface area contributed by atoms with Gasteiger partial charge in [0, 0.05) is 17.6 Å². The van der Waals surface area contributed by atoms with E-state index in [1.165, 1.54) is 36.8 Å². The number of rotatable bonds is 2. The van der Waals surface area contributed by atoms with Gasteiger partial charge in [-0.1, -0.05) is 6.92 Å². The van der Waals surface area contributed by atoms with Gasteiger partial charge in [0.15, 0.2) is 0 Å². The number of nitrogens with one attached hydrogen (secondary N) is 1. The average molecular weight is 191 g/mol. The highest BCUT2D eigenvalue weighted by atomic mass is 16.3. The first-order valence-electron chi connectivity index (χ1n) is 5.65. The lowest BCUT2D eigenvalue weighted by atomic mass is 9.83. The van der Waals surface area contributed by atoms with Crippen LogP contribution >= 0.6 is 0 Å². The molecular formula is C12H17NO. The van der Waals surface area contributed by atoms with E-state index in [1.807, 2.05) is 12.5 Å². The lowest BCUT2D eigenvalue weighted by Crippen LogP contribution is -2.31. The molecule has 3 rings (SSSR count). The van der Waals surface area contributed by atoms with E-state index in [1.54, 1.807) is 0 Å². The quantitative estimate of drug-likeness (QED) is 0.777. The van der Waals surface area contributed by atoms with Crippen LogP contribution in [-0.2, 0) is 6.42 Å². The Morgan fingerprint density at radius 3 is 2.93 bits per heavy atom. The summed E-state index contributed by atoms with van der Waals surface area (Å²) in [5.74, 6) is 0.751. The van der Waals surface area contributed by atoms with Crippen LogP contribution in [0.3, 0.4) is 0 Å². The number of furan rings is 1. The molecule has 2 aliphatic carbocycles. The molecular weight excluding hydrogens is 174 g/mol. The Hall–Kier alpha value is -0.760. The molecule has 2 heteroatoms. The first-order valence-corrected chi connectivity index (χ1v) is 5.65. The van der Waals surface area contributed by atoms with Crippen LogP contribution in [-0.4, -0.2) is 6.04 Å². The van der Waals surface area contributed by atoms with Crippen LogP contribution in [0.4, 0.5) is 0 Å². The van der Waals surface area contributed by atoms with E-state index in [9.17, 15) is 0 Å². The maximum Gasteiger partial charge on any atom is 0.0953 e. The van der Waals surface area contributed by atoms with Crippen LogP contribution in [0.25, 0.3) is 0 Å². The van der Waals surface area contributed by atoms with Gasteiger partial charge >= 0.3 is 0 Å². The summed E-state index contributed by atoms with van der Waals surface area (Å²) >= 11 is 0. The summed E-state index contributed by atoms with van der Waals surface area (Å²) in [4.78, 5) is 0. The molecule has 0 aromatic carbocycles. The topological polar surface area (TPSA) is 25.2 Å². The lowest BCUT2D eigenvalue weighted by molar-refractivity contribution is 0.343. The molecule has 1 fully saturated rings. The second-order valence-electron chi connectivity index (χ2n) is 4.79. The molecule has 1 aromatic rings. The van der Waals surface area contributed by atoms with Crippen molar-refractivity contribution in [3.8, 4) is 0 Å². The number of aryl methyl sites for hydroxylation is 1. The van der Waals surface area contributed by atoms with Crippen LogP contribution in [0.5, 0.6) is 0 Å². The molecule has 0 aliphatic heterocycles. The molecule has 1 saturated carbocycles. The second kappa shape index (κ2) is 3.13. The monoisotopic (exact) mass is 191 g/mol. The van der Waals surface area contributed by atoms with Crippen molar-refractivity contribution in [2.45, 2.75) is 44.7 Å². The largest absolute Gasteiger partial charge is 0.472 e. The minimum atomic E-state index is 0.546. The maximum absolute atomic E-state index is 5.31. The minimum Gasteiger partial charge on any atom is -0.472 e. The summed E-state index contributed by atoms with van der Waals surface area (Å²) in [6, 6.07) is 1.33. The van der Waals surface area contributed by atoms with E-state index in [4.69, 9.17) is 4.42 Å². The highest BCUT2D eigenvalue weighted by Crippen LogP contribution is 2.37. The normalized spacial score (nSPS) is 31.5. The van der Waals surface area contributed by atoms with Gasteiger partial charge in [-0.15, -0.1) is 0 Å². The van der Waals surface area contributed by atoms with Crippen molar-refractivity contribution in [2.24, 2.45) is 5.92 Å². The van der Waals surface area contributed by atoms with Gasteiger partial charge in [-0.05, 0) is 37.2 Å². The van der Waals surface area contributed by atoms with Crippen molar-refractivity contribution in [1.29, 1.82) is 0 Å². The van der Waals surface area contributed by atoms with Crippen LogP contribution in [0.2, 0.25) is 0 Å². The van der Waals surface area contributed by atoms with Crippen molar-refractivity contribution >= 4 is 0 Å². The number of fused-ring (bicyclic) bond motifs is 1. The van der Waals surface area contributed by atoms with Crippen molar-refractivity contribution in [3.63, 3.8) is 0 Å². The molecule has 1 heterocycles. The zero-order valence-corrected chi connectivity index (χ0v) is 8.62. The summed E-state index contributed by atoms with van der Waals surface area (Å²) < 4.78 is 5.31. The molecule has 0 spiro atoms. The van der Waals surface area contributed by atoms with E-state index in [0.717, 1.165) is 12.0 Å². The average Bonchev–Trinajstić information content (AvgIpc) is 2.86. The SMILES string of the molecule is CC1CCc2cocc2C1NC1CC1. The lowest BCUT2D eigenvalue weighted by Gasteiger charge is -2.29. The van der Waals surface area contributed by atoms with E-state index < -0.39 is 0 Å². The molecule has 2 aliphatic rings. The van der Waals surface area contributed by atoms with Crippen molar-refractivity contribution in [1.82, 2.24) is 5.32 Å². The Kier molecular flexibility index (Phi) is 1.91. The van der Waals surface area contributed by atoms with Crippen LogP contribution in [0.15, 0.2) is 16.9 Å². The van der Waals surface area contributed by atoms with Crippen LogP contribution < -0.4 is 5.32 Å². The Balaban J connectivity index is 1.86. The molecule has 14 heavy (non-hydrogen) atoms. The van der Waals surface area contributed by atoms with Gasteiger partial charge in [0.1, 0.15) is 0 Å². The third-order valence-electron chi connectivity index (χ3n) is 3.54. The fourth-order valence-corrected chi connectivity index (χ4v) is 2.42. The fourth-order valence-electron chi connectivity index (χ4n) is 2.42. The predicted molar refractivity (Wildman–Crippen MR) is 55.1 cm³/mol. The molecule has 2 nitrogen and oxygen atoms in total. The van der Waals surface area contributed by atoms with E-state index in [-0.39, 0.29) is 0 Å². The summed E-state index contributed by atoms with van der Waals surface area (Å²) in [5, 5.41) is 3.72. The maximum atomic E-state index is 5.31. The summed E-state index contributed by atoms with van der Waals surface area (Å²) in [7, 11) is 0. The second-order valence-corrected chi connectivity index (χ2v) is 4.79. The molecule has 0 bridgehead atoms. The summed E-state index contributed by atoms with van der Waals surface area (Å²) in [6.07, 6.45) is 9.05. The zero-order valence-electron chi connectivity index (χ0n) is 8.62. The molecule has 1 aromatic heterocycles. The number of hydrogen-bond acceptors (Lipinski definition) is 2. The smallest absolute Gasteiger partial charge is 0.0953 e. The molecule has 0 amide bonds. The third-order valence-corrected chi connectivity index (χ3v) is 3.54. The highest BCUT2D eigenvalue weighted by Gasteiger charge is 2.32. The standard InChI is InChI=1S/C12H17NO/c1-8-2-3-9-6-14-7-11(9)12(8)13-10-4-5-10/h6-8,10,12-13H,2-5H2,1H3. The fraction of sp³-hybridized carbons (Fsp3) is 0.667. The Morgan fingerprint density at radius 1 is 1.29 bits per heavy atom. The minimum absolute atomic E-state index is 0.546. The van der Waals surface area contributed by atoms with Gasteiger partial charge in [-0.3, -0.25) is 0 Å². The Bertz CT molecular complexity index is 327. The van der Waals surface area contributed by atoms with Crippen molar-refractivity contribution < 1.29 is 4.42 Å². The Labute approximate surface area is 84.7 Å². The zero-order chi connectivity index (χ0) is 9.54. The van der Waals surface area contributed by atoms with Gasteiger partial charge < -0.3 is 9.73 Å². The molecule has 76 valence electrons. The molecule has 2 atom stereocenters. The molecule has 0 radical (unpaired) electrons. The molecule has 2 unspecified atom stereocenters. The van der Waals surface area contributed by atoms with Crippen LogP contribution in [0.1, 0.15) is 43.4 Å². The number of hydrogen-bond donors (Lipinski definition) is 1. The predicted octanol–water partition coefficient (Wildman–Crippen LogP) is 2.66. The molecule has 0 saturated heterocycles. The van der Waals surface area contributed by atoms with Crippen LogP contribution in [0, 0.1) is 5.92 Å². The van der Waals surface area contributed by atoms with Gasteiger partial charge in [-0.2, -0.15) is 0 Å². The first-order chi connectivity index (χ1) is 6.84. The highest BCUT2D eigenvalue weighted by molar-refractivity contribution is 5.28. The van der Waals surface area contributed by atoms with E-state index >= 15 is 0 Å². The first kappa shape index (κ1) is 8.54. The Morgan fingerprint density at radius 2 is 2.14 bits per heavy atom. The van der Waals surface area contributed by atoms with Gasteiger partial charge in [0.2, 0.25) is 0 Å². The van der Waals surface area contributed by atoms with Crippen molar-refractivity contribution in [2.75, 3.05) is 0 Å². The van der Waals surface area contributed by atoms with Gasteiger partial charge in [0.25, 0.3) is 0 Å². The van der Waals surface area contributed by atoms with E-state index in [0.29, 0.717) is 6.04 Å². The third kappa shape index (κ3) is 1.38. The molecule has 1 N–H and O–H groups in total. The summed E-state index contributed by atoms with van der Waals surface area (Å²) in [6.45, 7) is 2.34. The van der Waals surface area contributed by atoms with E-state index in [2.05, 4.69) is 12.2 Å². The van der Waals surface area contributed by atoms with Crippen molar-refractivity contribution in [3.05, 3.63) is 23.7 Å². The summed E-state index contributed by atoms with van der Waals surface area (Å²) in [5.41, 5.74) is 2.83.